The Kier molecular flexibility index (Phi) is 3.50. The van der Waals surface area contributed by atoms with Crippen LogP contribution in [0.1, 0.15) is 6.92 Å². The molecule has 3 aromatic rings. The third kappa shape index (κ3) is 2.56. The highest BCUT2D eigenvalue weighted by Gasteiger charge is 2.19. The van der Waals surface area contributed by atoms with E-state index >= 15 is 0 Å². The molecular formula is C13H11BrN4O2S. The normalized spacial score (nSPS) is 11.9. The van der Waals surface area contributed by atoms with Gasteiger partial charge in [0.1, 0.15) is 9.50 Å². The number of aromatic nitrogens is 4. The van der Waals surface area contributed by atoms with Gasteiger partial charge in [-0.2, -0.15) is 5.10 Å². The lowest BCUT2D eigenvalue weighted by molar-refractivity contribution is 0.595. The molecule has 0 aliphatic rings. The number of sulfone groups is 1. The van der Waals surface area contributed by atoms with Gasteiger partial charge in [-0.1, -0.05) is 6.92 Å². The van der Waals surface area contributed by atoms with Crippen LogP contribution in [0.2, 0.25) is 0 Å². The minimum Gasteiger partial charge on any atom is -0.249 e. The molecule has 8 heteroatoms. The smallest absolute Gasteiger partial charge is 0.181 e. The molecule has 0 saturated heterocycles. The van der Waals surface area contributed by atoms with Crippen LogP contribution in [0, 0.1) is 0 Å². The quantitative estimate of drug-likeness (QED) is 0.665. The molecule has 0 saturated carbocycles. The van der Waals surface area contributed by atoms with Crippen LogP contribution in [0.25, 0.3) is 16.7 Å². The molecule has 0 radical (unpaired) electrons. The highest BCUT2D eigenvalue weighted by Crippen LogP contribution is 2.22. The fraction of sp³-hybridized carbons (Fsp3) is 0.154. The van der Waals surface area contributed by atoms with Crippen molar-refractivity contribution in [1.82, 2.24) is 19.7 Å². The first kappa shape index (κ1) is 14.2. The van der Waals surface area contributed by atoms with E-state index in [-0.39, 0.29) is 10.6 Å². The van der Waals surface area contributed by atoms with Crippen molar-refractivity contribution >= 4 is 36.7 Å². The minimum atomic E-state index is -3.37. The summed E-state index contributed by atoms with van der Waals surface area (Å²) in [6.07, 6.45) is 4.93. The summed E-state index contributed by atoms with van der Waals surface area (Å²) in [7, 11) is -3.37. The number of nitrogens with zero attached hydrogens (tertiary/aromatic N) is 4. The van der Waals surface area contributed by atoms with Crippen molar-refractivity contribution in [3.05, 3.63) is 41.4 Å². The highest BCUT2D eigenvalue weighted by atomic mass is 79.9. The predicted octanol–water partition coefficient (Wildman–Crippen LogP) is 2.37. The number of hydrogen-bond donors (Lipinski definition) is 0. The molecule has 0 fully saturated rings. The van der Waals surface area contributed by atoms with Crippen LogP contribution in [-0.2, 0) is 9.84 Å². The van der Waals surface area contributed by atoms with Gasteiger partial charge in [-0.15, -0.1) is 0 Å². The van der Waals surface area contributed by atoms with Gasteiger partial charge in [-0.25, -0.2) is 23.1 Å². The molecule has 0 aliphatic heterocycles. The standard InChI is InChI=1S/C13H11BrN4O2S/c1-2-21(19,20)11-4-3-5-15-13(11)18-8-9-7-16-12(14)6-10(9)17-18/h3-8H,2H2,1H3. The van der Waals surface area contributed by atoms with Gasteiger partial charge >= 0.3 is 0 Å². The van der Waals surface area contributed by atoms with Crippen LogP contribution >= 0.6 is 15.9 Å². The van der Waals surface area contributed by atoms with Gasteiger partial charge in [-0.05, 0) is 34.1 Å². The van der Waals surface area contributed by atoms with E-state index in [0.717, 1.165) is 5.39 Å². The summed E-state index contributed by atoms with van der Waals surface area (Å²) < 4.78 is 26.5. The Balaban J connectivity index is 2.24. The Morgan fingerprint density at radius 2 is 2.14 bits per heavy atom. The summed E-state index contributed by atoms with van der Waals surface area (Å²) in [6, 6.07) is 4.91. The fourth-order valence-electron chi connectivity index (χ4n) is 1.95. The Morgan fingerprint density at radius 3 is 2.90 bits per heavy atom. The zero-order valence-corrected chi connectivity index (χ0v) is 13.5. The summed E-state index contributed by atoms with van der Waals surface area (Å²) >= 11 is 3.28. The van der Waals surface area contributed by atoms with Gasteiger partial charge in [0, 0.05) is 24.0 Å². The Bertz CT molecular complexity index is 921. The maximum Gasteiger partial charge on any atom is 0.181 e. The summed E-state index contributed by atoms with van der Waals surface area (Å²) in [5, 5.41) is 5.18. The zero-order valence-electron chi connectivity index (χ0n) is 11.1. The van der Waals surface area contributed by atoms with Crippen molar-refractivity contribution in [1.29, 1.82) is 0 Å². The molecule has 0 atom stereocenters. The molecular weight excluding hydrogens is 356 g/mol. The van der Waals surface area contributed by atoms with Crippen LogP contribution in [0.5, 0.6) is 0 Å². The molecule has 3 aromatic heterocycles. The Morgan fingerprint density at radius 1 is 1.33 bits per heavy atom. The number of pyridine rings is 2. The highest BCUT2D eigenvalue weighted by molar-refractivity contribution is 9.10. The first-order chi connectivity index (χ1) is 10.0. The number of rotatable bonds is 3. The number of halogens is 1. The van der Waals surface area contributed by atoms with Crippen LogP contribution in [0.3, 0.4) is 0 Å². The van der Waals surface area contributed by atoms with Crippen molar-refractivity contribution < 1.29 is 8.42 Å². The monoisotopic (exact) mass is 366 g/mol. The van der Waals surface area contributed by atoms with Crippen LogP contribution in [-0.4, -0.2) is 33.9 Å². The second-order valence-electron chi connectivity index (χ2n) is 4.37. The van der Waals surface area contributed by atoms with Gasteiger partial charge in [0.15, 0.2) is 15.7 Å². The molecule has 0 amide bonds. The molecule has 21 heavy (non-hydrogen) atoms. The topological polar surface area (TPSA) is 77.7 Å². The van der Waals surface area contributed by atoms with E-state index in [4.69, 9.17) is 0 Å². The summed E-state index contributed by atoms with van der Waals surface area (Å²) in [4.78, 5) is 8.47. The Labute approximate surface area is 129 Å². The number of fused-ring (bicyclic) bond motifs is 1. The third-order valence-electron chi connectivity index (χ3n) is 3.04. The summed E-state index contributed by atoms with van der Waals surface area (Å²) in [5.41, 5.74) is 0.711. The molecule has 0 unspecified atom stereocenters. The van der Waals surface area contributed by atoms with Crippen molar-refractivity contribution in [2.75, 3.05) is 5.75 Å². The second kappa shape index (κ2) is 5.19. The van der Waals surface area contributed by atoms with E-state index in [9.17, 15) is 8.42 Å². The van der Waals surface area contributed by atoms with E-state index < -0.39 is 9.84 Å². The lowest BCUT2D eigenvalue weighted by Gasteiger charge is -2.07. The van der Waals surface area contributed by atoms with E-state index in [1.807, 2.05) is 0 Å². The van der Waals surface area contributed by atoms with Crippen molar-refractivity contribution in [3.63, 3.8) is 0 Å². The first-order valence-electron chi connectivity index (χ1n) is 6.20. The van der Waals surface area contributed by atoms with Crippen molar-refractivity contribution in [2.45, 2.75) is 11.8 Å². The fourth-order valence-corrected chi connectivity index (χ4v) is 3.30. The molecule has 3 heterocycles. The van der Waals surface area contributed by atoms with Crippen molar-refractivity contribution in [3.8, 4) is 5.82 Å². The van der Waals surface area contributed by atoms with E-state index in [0.29, 0.717) is 15.9 Å². The lowest BCUT2D eigenvalue weighted by atomic mass is 10.3. The van der Waals surface area contributed by atoms with Gasteiger partial charge in [0.2, 0.25) is 0 Å². The van der Waals surface area contributed by atoms with Crippen LogP contribution in [0.15, 0.2) is 46.3 Å². The van der Waals surface area contributed by atoms with Crippen LogP contribution < -0.4 is 0 Å². The number of hydrogen-bond acceptors (Lipinski definition) is 5. The molecule has 0 spiro atoms. The summed E-state index contributed by atoms with van der Waals surface area (Å²) in [5.74, 6) is 0.311. The van der Waals surface area contributed by atoms with Crippen LogP contribution in [0.4, 0.5) is 0 Å². The lowest BCUT2D eigenvalue weighted by Crippen LogP contribution is -2.10. The minimum absolute atomic E-state index is 0.0135. The van der Waals surface area contributed by atoms with Gasteiger partial charge < -0.3 is 0 Å². The molecule has 0 aromatic carbocycles. The second-order valence-corrected chi connectivity index (χ2v) is 7.43. The Hall–Kier alpha value is -1.80. The molecule has 108 valence electrons. The van der Waals surface area contributed by atoms with Gasteiger partial charge in [0.25, 0.3) is 0 Å². The van der Waals surface area contributed by atoms with Crippen molar-refractivity contribution in [2.24, 2.45) is 0 Å². The average molecular weight is 367 g/mol. The maximum atomic E-state index is 12.2. The molecule has 0 bridgehead atoms. The molecule has 3 rings (SSSR count). The molecule has 0 aliphatic carbocycles. The maximum absolute atomic E-state index is 12.2. The van der Waals surface area contributed by atoms with Gasteiger partial charge in [0.05, 0.1) is 11.3 Å². The molecule has 6 nitrogen and oxygen atoms in total. The average Bonchev–Trinajstić information content (AvgIpc) is 2.90. The summed E-state index contributed by atoms with van der Waals surface area (Å²) in [6.45, 7) is 1.60. The first-order valence-corrected chi connectivity index (χ1v) is 8.65. The third-order valence-corrected chi connectivity index (χ3v) is 5.22. The predicted molar refractivity (Wildman–Crippen MR) is 82.1 cm³/mol. The zero-order chi connectivity index (χ0) is 15.0. The SMILES string of the molecule is CCS(=O)(=O)c1cccnc1-n1cc2cnc(Br)cc2n1. The van der Waals surface area contributed by atoms with Gasteiger partial charge in [-0.3, -0.25) is 0 Å². The van der Waals surface area contributed by atoms with E-state index in [1.54, 1.807) is 43.7 Å². The largest absolute Gasteiger partial charge is 0.249 e. The molecule has 0 N–H and O–H groups in total. The van der Waals surface area contributed by atoms with E-state index in [1.165, 1.54) is 4.68 Å². The van der Waals surface area contributed by atoms with E-state index in [2.05, 4.69) is 31.0 Å².